The highest BCUT2D eigenvalue weighted by Crippen LogP contribution is 2.07. The minimum absolute atomic E-state index is 0.187. The van der Waals surface area contributed by atoms with Gasteiger partial charge in [0.05, 0.1) is 16.8 Å². The van der Waals surface area contributed by atoms with E-state index < -0.39 is 0 Å². The number of aromatic amines is 1. The third-order valence-electron chi connectivity index (χ3n) is 1.74. The van der Waals surface area contributed by atoms with E-state index in [0.717, 1.165) is 5.69 Å². The summed E-state index contributed by atoms with van der Waals surface area (Å²) in [5.74, 6) is -0.187. The monoisotopic (exact) mass is 219 g/mol. The Morgan fingerprint density at radius 1 is 1.47 bits per heavy atom. The summed E-state index contributed by atoms with van der Waals surface area (Å²) < 4.78 is 0. The Balaban J connectivity index is 1.91. The molecule has 2 N–H and O–H groups in total. The van der Waals surface area contributed by atoms with Crippen molar-refractivity contribution in [3.8, 4) is 0 Å². The van der Waals surface area contributed by atoms with Crippen molar-refractivity contribution in [3.63, 3.8) is 0 Å². The molecule has 0 aliphatic carbocycles. The fourth-order valence-corrected chi connectivity index (χ4v) is 1.66. The van der Waals surface area contributed by atoms with E-state index in [0.29, 0.717) is 4.88 Å². The first-order valence-electron chi connectivity index (χ1n) is 4.36. The molecule has 0 aliphatic rings. The third kappa shape index (κ3) is 2.54. The van der Waals surface area contributed by atoms with E-state index in [4.69, 9.17) is 0 Å². The smallest absolute Gasteiger partial charge is 0.281 e. The summed E-state index contributed by atoms with van der Waals surface area (Å²) in [4.78, 5) is 15.0. The fraction of sp³-hybridized carbons (Fsp3) is 0. The standard InChI is InChI=1S/C10H9N3OS/c14-10(9-4-2-6-15-9)13-12-7-8-3-1-5-11-8/h1-7,11H,(H,13,14). The van der Waals surface area contributed by atoms with Crippen LogP contribution in [0, 0.1) is 0 Å². The summed E-state index contributed by atoms with van der Waals surface area (Å²) in [6, 6.07) is 7.31. The van der Waals surface area contributed by atoms with Crippen molar-refractivity contribution < 1.29 is 4.79 Å². The largest absolute Gasteiger partial charge is 0.360 e. The highest BCUT2D eigenvalue weighted by molar-refractivity contribution is 7.12. The van der Waals surface area contributed by atoms with E-state index in [2.05, 4.69) is 15.5 Å². The molecule has 0 unspecified atom stereocenters. The second-order valence-corrected chi connectivity index (χ2v) is 3.75. The van der Waals surface area contributed by atoms with Crippen LogP contribution >= 0.6 is 11.3 Å². The van der Waals surface area contributed by atoms with E-state index in [-0.39, 0.29) is 5.91 Å². The Hall–Kier alpha value is -1.88. The van der Waals surface area contributed by atoms with Crippen LogP contribution in [0.4, 0.5) is 0 Å². The molecule has 0 saturated heterocycles. The van der Waals surface area contributed by atoms with Crippen LogP contribution in [0.15, 0.2) is 40.9 Å². The summed E-state index contributed by atoms with van der Waals surface area (Å²) in [5, 5.41) is 5.67. The summed E-state index contributed by atoms with van der Waals surface area (Å²) in [6.45, 7) is 0. The molecule has 2 aromatic heterocycles. The third-order valence-corrected chi connectivity index (χ3v) is 2.61. The normalized spacial score (nSPS) is 10.7. The number of hydrogen-bond acceptors (Lipinski definition) is 3. The molecule has 0 aliphatic heterocycles. The summed E-state index contributed by atoms with van der Waals surface area (Å²) >= 11 is 1.39. The number of carbonyl (C=O) groups excluding carboxylic acids is 1. The predicted octanol–water partition coefficient (Wildman–Crippen LogP) is 1.84. The van der Waals surface area contributed by atoms with Gasteiger partial charge in [-0.25, -0.2) is 5.43 Å². The Labute approximate surface area is 90.6 Å². The SMILES string of the molecule is O=C(NN=Cc1ccc[nH]1)c1cccs1. The highest BCUT2D eigenvalue weighted by Gasteiger charge is 2.03. The predicted molar refractivity (Wildman–Crippen MR) is 60.2 cm³/mol. The lowest BCUT2D eigenvalue weighted by Gasteiger charge is -1.94. The molecule has 2 aromatic rings. The summed E-state index contributed by atoms with van der Waals surface area (Å²) in [6.07, 6.45) is 3.36. The van der Waals surface area contributed by atoms with Crippen LogP contribution in [0.2, 0.25) is 0 Å². The number of carbonyl (C=O) groups is 1. The molecule has 4 nitrogen and oxygen atoms in total. The molecule has 0 saturated carbocycles. The van der Waals surface area contributed by atoms with E-state index >= 15 is 0 Å². The lowest BCUT2D eigenvalue weighted by Crippen LogP contribution is -2.16. The van der Waals surface area contributed by atoms with Crippen LogP contribution in [-0.4, -0.2) is 17.1 Å². The number of nitrogens with one attached hydrogen (secondary N) is 2. The number of H-pyrrole nitrogens is 1. The van der Waals surface area contributed by atoms with Crippen LogP contribution in [-0.2, 0) is 0 Å². The summed E-state index contributed by atoms with van der Waals surface area (Å²) in [7, 11) is 0. The Morgan fingerprint density at radius 3 is 3.07 bits per heavy atom. The Morgan fingerprint density at radius 2 is 2.40 bits per heavy atom. The van der Waals surface area contributed by atoms with Gasteiger partial charge in [-0.1, -0.05) is 6.07 Å². The first kappa shape index (κ1) is 9.67. The Bertz CT molecular complexity index is 445. The molecule has 0 spiro atoms. The van der Waals surface area contributed by atoms with E-state index in [1.54, 1.807) is 18.5 Å². The minimum atomic E-state index is -0.187. The van der Waals surface area contributed by atoms with Gasteiger partial charge in [0.25, 0.3) is 5.91 Å². The molecular formula is C10H9N3OS. The average molecular weight is 219 g/mol. The zero-order valence-corrected chi connectivity index (χ0v) is 8.62. The van der Waals surface area contributed by atoms with Gasteiger partial charge < -0.3 is 4.98 Å². The second-order valence-electron chi connectivity index (χ2n) is 2.80. The van der Waals surface area contributed by atoms with Crippen molar-refractivity contribution in [3.05, 3.63) is 46.4 Å². The minimum Gasteiger partial charge on any atom is -0.360 e. The van der Waals surface area contributed by atoms with Crippen LogP contribution < -0.4 is 5.43 Å². The van der Waals surface area contributed by atoms with Gasteiger partial charge in [-0.05, 0) is 23.6 Å². The molecule has 2 heterocycles. The molecule has 0 radical (unpaired) electrons. The van der Waals surface area contributed by atoms with Crippen molar-refractivity contribution >= 4 is 23.5 Å². The van der Waals surface area contributed by atoms with Gasteiger partial charge in [-0.3, -0.25) is 4.79 Å². The van der Waals surface area contributed by atoms with Gasteiger partial charge in [0.1, 0.15) is 0 Å². The molecule has 0 fully saturated rings. The van der Waals surface area contributed by atoms with Crippen molar-refractivity contribution in [2.45, 2.75) is 0 Å². The molecule has 0 bridgehead atoms. The lowest BCUT2D eigenvalue weighted by atomic mass is 10.4. The molecule has 76 valence electrons. The van der Waals surface area contributed by atoms with Gasteiger partial charge in [0, 0.05) is 6.20 Å². The number of hydrogen-bond donors (Lipinski definition) is 2. The van der Waals surface area contributed by atoms with Gasteiger partial charge in [0.2, 0.25) is 0 Å². The van der Waals surface area contributed by atoms with Crippen molar-refractivity contribution in [1.29, 1.82) is 0 Å². The van der Waals surface area contributed by atoms with E-state index in [1.807, 2.05) is 23.6 Å². The van der Waals surface area contributed by atoms with Crippen LogP contribution in [0.3, 0.4) is 0 Å². The maximum Gasteiger partial charge on any atom is 0.281 e. The van der Waals surface area contributed by atoms with E-state index in [9.17, 15) is 4.79 Å². The van der Waals surface area contributed by atoms with Crippen molar-refractivity contribution in [2.24, 2.45) is 5.10 Å². The van der Waals surface area contributed by atoms with Gasteiger partial charge >= 0.3 is 0 Å². The van der Waals surface area contributed by atoms with Crippen LogP contribution in [0.5, 0.6) is 0 Å². The van der Waals surface area contributed by atoms with Crippen molar-refractivity contribution in [1.82, 2.24) is 10.4 Å². The molecule has 5 heteroatoms. The second kappa shape index (κ2) is 4.56. The molecule has 2 rings (SSSR count). The van der Waals surface area contributed by atoms with E-state index in [1.165, 1.54) is 11.3 Å². The maximum atomic E-state index is 11.4. The number of rotatable bonds is 3. The molecule has 0 aromatic carbocycles. The van der Waals surface area contributed by atoms with Crippen LogP contribution in [0.1, 0.15) is 15.4 Å². The fourth-order valence-electron chi connectivity index (χ4n) is 1.05. The van der Waals surface area contributed by atoms with Gasteiger partial charge in [-0.15, -0.1) is 11.3 Å². The molecular weight excluding hydrogens is 210 g/mol. The number of aromatic nitrogens is 1. The number of thiophene rings is 1. The summed E-state index contributed by atoms with van der Waals surface area (Å²) in [5.41, 5.74) is 3.29. The van der Waals surface area contributed by atoms with Gasteiger partial charge in [0.15, 0.2) is 0 Å². The van der Waals surface area contributed by atoms with Gasteiger partial charge in [-0.2, -0.15) is 5.10 Å². The zero-order chi connectivity index (χ0) is 10.5. The lowest BCUT2D eigenvalue weighted by molar-refractivity contribution is 0.0959. The topological polar surface area (TPSA) is 57.2 Å². The first-order valence-corrected chi connectivity index (χ1v) is 5.24. The first-order chi connectivity index (χ1) is 7.36. The zero-order valence-electron chi connectivity index (χ0n) is 7.81. The Kier molecular flexibility index (Phi) is 2.94. The molecule has 0 atom stereocenters. The van der Waals surface area contributed by atoms with Crippen molar-refractivity contribution in [2.75, 3.05) is 0 Å². The highest BCUT2D eigenvalue weighted by atomic mass is 32.1. The maximum absolute atomic E-state index is 11.4. The number of hydrazone groups is 1. The number of nitrogens with zero attached hydrogens (tertiary/aromatic N) is 1. The van der Waals surface area contributed by atoms with Crippen LogP contribution in [0.25, 0.3) is 0 Å². The molecule has 1 amide bonds. The average Bonchev–Trinajstić information content (AvgIpc) is 2.90. The quantitative estimate of drug-likeness (QED) is 0.600. The number of amides is 1. The molecule has 15 heavy (non-hydrogen) atoms.